The highest BCUT2D eigenvalue weighted by Gasteiger charge is 1.98. The molecule has 0 aliphatic heterocycles. The zero-order chi connectivity index (χ0) is 9.38. The monoisotopic (exact) mass is 178 g/mol. The fraction of sp³-hybridized carbons (Fsp3) is 0. The van der Waals surface area contributed by atoms with Gasteiger partial charge in [-0.1, -0.05) is 42.5 Å². The van der Waals surface area contributed by atoms with Crippen molar-refractivity contribution in [3.63, 3.8) is 0 Å². The summed E-state index contributed by atoms with van der Waals surface area (Å²) in [5, 5.41) is 3.60. The quantitative estimate of drug-likeness (QED) is 0.482. The summed E-state index contributed by atoms with van der Waals surface area (Å²) >= 11 is 0. The van der Waals surface area contributed by atoms with Crippen molar-refractivity contribution in [1.29, 1.82) is 0 Å². The van der Waals surface area contributed by atoms with Crippen LogP contribution in [0.5, 0.6) is 0 Å². The van der Waals surface area contributed by atoms with Gasteiger partial charge < -0.3 is 0 Å². The summed E-state index contributed by atoms with van der Waals surface area (Å²) in [5.74, 6) is 0. The number of aromatic nitrogens is 1. The minimum Gasteiger partial charge on any atom is -0.255 e. The van der Waals surface area contributed by atoms with Crippen LogP contribution in [0.4, 0.5) is 0 Å². The first kappa shape index (κ1) is 7.51. The molecule has 2 aromatic carbocycles. The van der Waals surface area contributed by atoms with Crippen molar-refractivity contribution < 1.29 is 0 Å². The molecule has 1 nitrogen and oxygen atoms in total. The Morgan fingerprint density at radius 2 is 1.79 bits per heavy atom. The Balaban J connectivity index is 2.61. The second kappa shape index (κ2) is 2.81. The standard InChI is InChI=1S/C13H8N/c1-2-6-11-10(5-1)9-14-13-8-4-3-7-12(11)13/h1-7,9H. The molecule has 0 fully saturated rings. The van der Waals surface area contributed by atoms with Crippen LogP contribution < -0.4 is 0 Å². The molecule has 0 atom stereocenters. The van der Waals surface area contributed by atoms with Crippen molar-refractivity contribution in [3.8, 4) is 0 Å². The molecule has 1 heterocycles. The van der Waals surface area contributed by atoms with E-state index in [9.17, 15) is 0 Å². The van der Waals surface area contributed by atoms with Gasteiger partial charge in [0.05, 0.1) is 5.52 Å². The highest BCUT2D eigenvalue weighted by atomic mass is 14.6. The molecule has 3 aromatic rings. The number of nitrogens with zero attached hydrogens (tertiary/aromatic N) is 1. The Morgan fingerprint density at radius 1 is 0.929 bits per heavy atom. The molecule has 65 valence electrons. The molecule has 14 heavy (non-hydrogen) atoms. The summed E-state index contributed by atoms with van der Waals surface area (Å²) in [7, 11) is 0. The highest BCUT2D eigenvalue weighted by molar-refractivity contribution is 6.04. The first-order chi connectivity index (χ1) is 6.95. The fourth-order valence-corrected chi connectivity index (χ4v) is 1.74. The Morgan fingerprint density at radius 3 is 2.79 bits per heavy atom. The normalized spacial score (nSPS) is 10.9. The molecule has 0 saturated carbocycles. The van der Waals surface area contributed by atoms with E-state index in [1.165, 1.54) is 16.2 Å². The summed E-state index contributed by atoms with van der Waals surface area (Å²) in [6.45, 7) is 0. The zero-order valence-corrected chi connectivity index (χ0v) is 7.57. The number of hydrogen-bond donors (Lipinski definition) is 0. The average molecular weight is 178 g/mol. The summed E-state index contributed by atoms with van der Waals surface area (Å²) in [6, 6.07) is 17.4. The van der Waals surface area contributed by atoms with Gasteiger partial charge in [0.2, 0.25) is 0 Å². The molecule has 1 radical (unpaired) electrons. The van der Waals surface area contributed by atoms with E-state index in [-0.39, 0.29) is 0 Å². The third-order valence-electron chi connectivity index (χ3n) is 2.42. The molecule has 1 aromatic heterocycles. The van der Waals surface area contributed by atoms with Crippen molar-refractivity contribution in [3.05, 3.63) is 54.7 Å². The van der Waals surface area contributed by atoms with Gasteiger partial charge >= 0.3 is 0 Å². The van der Waals surface area contributed by atoms with E-state index in [2.05, 4.69) is 35.3 Å². The molecule has 0 unspecified atom stereocenters. The maximum atomic E-state index is 4.35. The Bertz CT molecular complexity index is 544. The van der Waals surface area contributed by atoms with Gasteiger partial charge in [0, 0.05) is 23.0 Å². The van der Waals surface area contributed by atoms with Crippen LogP contribution in [0.3, 0.4) is 0 Å². The van der Waals surface area contributed by atoms with E-state index < -0.39 is 0 Å². The Kier molecular flexibility index (Phi) is 1.51. The van der Waals surface area contributed by atoms with Crippen LogP contribution in [0, 0.1) is 6.07 Å². The number of fused-ring (bicyclic) bond motifs is 3. The van der Waals surface area contributed by atoms with Gasteiger partial charge in [0.1, 0.15) is 0 Å². The lowest BCUT2D eigenvalue weighted by atomic mass is 10.1. The summed E-state index contributed by atoms with van der Waals surface area (Å²) in [5.41, 5.74) is 0.936. The molecular weight excluding hydrogens is 170 g/mol. The minimum atomic E-state index is 0.936. The maximum absolute atomic E-state index is 4.35. The Hall–Kier alpha value is -1.89. The zero-order valence-electron chi connectivity index (χ0n) is 7.57. The average Bonchev–Trinajstić information content (AvgIpc) is 2.29. The second-order valence-corrected chi connectivity index (χ2v) is 3.28. The van der Waals surface area contributed by atoms with Crippen LogP contribution in [-0.4, -0.2) is 4.98 Å². The van der Waals surface area contributed by atoms with Crippen LogP contribution in [0.25, 0.3) is 21.7 Å². The van der Waals surface area contributed by atoms with Gasteiger partial charge in [0.15, 0.2) is 0 Å². The summed E-state index contributed by atoms with van der Waals surface area (Å²) < 4.78 is 0. The van der Waals surface area contributed by atoms with Gasteiger partial charge in [-0.25, -0.2) is 0 Å². The van der Waals surface area contributed by atoms with E-state index >= 15 is 0 Å². The number of pyridine rings is 1. The van der Waals surface area contributed by atoms with Crippen LogP contribution >= 0.6 is 0 Å². The number of rotatable bonds is 0. The largest absolute Gasteiger partial charge is 0.255 e. The van der Waals surface area contributed by atoms with E-state index in [1.807, 2.05) is 24.4 Å². The summed E-state index contributed by atoms with van der Waals surface area (Å²) in [6.07, 6.45) is 1.90. The topological polar surface area (TPSA) is 12.9 Å². The van der Waals surface area contributed by atoms with Crippen molar-refractivity contribution >= 4 is 21.7 Å². The van der Waals surface area contributed by atoms with E-state index in [1.54, 1.807) is 0 Å². The summed E-state index contributed by atoms with van der Waals surface area (Å²) in [4.78, 5) is 4.35. The molecule has 0 aliphatic rings. The number of benzene rings is 2. The van der Waals surface area contributed by atoms with Crippen LogP contribution in [0.2, 0.25) is 0 Å². The molecule has 3 rings (SSSR count). The number of para-hydroxylation sites is 1. The van der Waals surface area contributed by atoms with Gasteiger partial charge in [-0.3, -0.25) is 4.98 Å². The molecule has 0 amide bonds. The van der Waals surface area contributed by atoms with Gasteiger partial charge in [0.25, 0.3) is 0 Å². The van der Waals surface area contributed by atoms with Crippen molar-refractivity contribution in [2.75, 3.05) is 0 Å². The van der Waals surface area contributed by atoms with Gasteiger partial charge in [-0.15, -0.1) is 0 Å². The van der Waals surface area contributed by atoms with Crippen LogP contribution in [0.1, 0.15) is 0 Å². The molecule has 0 bridgehead atoms. The van der Waals surface area contributed by atoms with Crippen molar-refractivity contribution in [1.82, 2.24) is 4.98 Å². The molecule has 0 N–H and O–H groups in total. The molecule has 0 spiro atoms. The smallest absolute Gasteiger partial charge is 0.0787 e. The predicted octanol–water partition coefficient (Wildman–Crippen LogP) is 3.19. The van der Waals surface area contributed by atoms with Gasteiger partial charge in [-0.05, 0) is 5.39 Å². The fourth-order valence-electron chi connectivity index (χ4n) is 1.74. The lowest BCUT2D eigenvalue weighted by molar-refractivity contribution is 1.44. The third-order valence-corrected chi connectivity index (χ3v) is 2.42. The molecular formula is C13H8N. The molecule has 0 aliphatic carbocycles. The van der Waals surface area contributed by atoms with Crippen LogP contribution in [-0.2, 0) is 0 Å². The Labute approximate surface area is 82.0 Å². The number of hydrogen-bond acceptors (Lipinski definition) is 1. The molecule has 1 heteroatoms. The second-order valence-electron chi connectivity index (χ2n) is 3.28. The maximum Gasteiger partial charge on any atom is 0.0787 e. The molecule has 0 saturated heterocycles. The SMILES string of the molecule is [c]1cccc2c1ncc1ccccc12. The lowest BCUT2D eigenvalue weighted by Crippen LogP contribution is -1.80. The first-order valence-electron chi connectivity index (χ1n) is 4.59. The lowest BCUT2D eigenvalue weighted by Gasteiger charge is -2.01. The van der Waals surface area contributed by atoms with Crippen molar-refractivity contribution in [2.45, 2.75) is 0 Å². The third kappa shape index (κ3) is 0.990. The first-order valence-corrected chi connectivity index (χ1v) is 4.59. The highest BCUT2D eigenvalue weighted by Crippen LogP contribution is 2.22. The van der Waals surface area contributed by atoms with Crippen LogP contribution in [0.15, 0.2) is 48.7 Å². The van der Waals surface area contributed by atoms with Crippen molar-refractivity contribution in [2.24, 2.45) is 0 Å². The minimum absolute atomic E-state index is 0.936. The van der Waals surface area contributed by atoms with E-state index in [0.29, 0.717) is 0 Å². The van der Waals surface area contributed by atoms with E-state index in [0.717, 1.165) is 5.52 Å². The van der Waals surface area contributed by atoms with E-state index in [4.69, 9.17) is 0 Å². The predicted molar refractivity (Wildman–Crippen MR) is 58.1 cm³/mol. The van der Waals surface area contributed by atoms with Gasteiger partial charge in [-0.2, -0.15) is 0 Å².